The van der Waals surface area contributed by atoms with Crippen molar-refractivity contribution in [3.63, 3.8) is 0 Å². The Balaban J connectivity index is 0.000000995. The molecule has 3 aromatic carbocycles. The van der Waals surface area contributed by atoms with E-state index in [9.17, 15) is 19.1 Å². The predicted octanol–water partition coefficient (Wildman–Crippen LogP) is 7.39. The molecule has 0 fully saturated rings. The zero-order chi connectivity index (χ0) is 26.8. The Kier molecular flexibility index (Phi) is 15.2. The molecular formula is C29H33FO5. The highest BCUT2D eigenvalue weighted by Gasteiger charge is 2.14. The normalized spacial score (nSPS) is 8.86. The second kappa shape index (κ2) is 17.3. The topological polar surface area (TPSA) is 72.8 Å². The molecule has 35 heavy (non-hydrogen) atoms. The van der Waals surface area contributed by atoms with Crippen molar-refractivity contribution < 1.29 is 28.6 Å². The summed E-state index contributed by atoms with van der Waals surface area (Å²) >= 11 is 0. The Morgan fingerprint density at radius 3 is 1.83 bits per heavy atom. The van der Waals surface area contributed by atoms with Crippen LogP contribution in [0.2, 0.25) is 0 Å². The van der Waals surface area contributed by atoms with Crippen LogP contribution in [0.4, 0.5) is 4.39 Å². The SMILES string of the molecule is C=C(C)C=O.C=CC.CC.COc1cc(-c2ccc(O)cc2)c(F)cc1-c1ccc(OC=O)cc1. The summed E-state index contributed by atoms with van der Waals surface area (Å²) in [5.41, 5.74) is 2.90. The number of phenolic OH excluding ortho intramolecular Hbond substituents is 1. The van der Waals surface area contributed by atoms with Crippen molar-refractivity contribution in [2.75, 3.05) is 7.11 Å². The van der Waals surface area contributed by atoms with Crippen molar-refractivity contribution in [2.45, 2.75) is 27.7 Å². The molecule has 3 aromatic rings. The van der Waals surface area contributed by atoms with Gasteiger partial charge in [-0.15, -0.1) is 6.58 Å². The van der Waals surface area contributed by atoms with Crippen molar-refractivity contribution in [2.24, 2.45) is 0 Å². The summed E-state index contributed by atoms with van der Waals surface area (Å²) in [6, 6.07) is 16.0. The fourth-order valence-electron chi connectivity index (χ4n) is 2.58. The first kappa shape index (κ1) is 30.8. The molecule has 0 aliphatic rings. The van der Waals surface area contributed by atoms with E-state index in [1.165, 1.54) is 25.3 Å². The van der Waals surface area contributed by atoms with E-state index in [-0.39, 0.29) is 5.75 Å². The summed E-state index contributed by atoms with van der Waals surface area (Å²) in [5.74, 6) is 0.618. The lowest BCUT2D eigenvalue weighted by Crippen LogP contribution is -1.93. The van der Waals surface area contributed by atoms with E-state index >= 15 is 0 Å². The van der Waals surface area contributed by atoms with Crippen LogP contribution in [0.3, 0.4) is 0 Å². The molecule has 0 spiro atoms. The van der Waals surface area contributed by atoms with Gasteiger partial charge in [-0.1, -0.05) is 50.8 Å². The van der Waals surface area contributed by atoms with E-state index in [0.29, 0.717) is 40.2 Å². The molecule has 0 aromatic heterocycles. The average molecular weight is 481 g/mol. The van der Waals surface area contributed by atoms with Crippen LogP contribution in [-0.2, 0) is 9.59 Å². The van der Waals surface area contributed by atoms with Crippen LogP contribution in [-0.4, -0.2) is 25.0 Å². The number of methoxy groups -OCH3 is 1. The van der Waals surface area contributed by atoms with E-state index in [1.807, 2.05) is 20.8 Å². The minimum atomic E-state index is -0.408. The summed E-state index contributed by atoms with van der Waals surface area (Å²) in [6.45, 7) is 14.6. The molecule has 0 heterocycles. The average Bonchev–Trinajstić information content (AvgIpc) is 2.87. The predicted molar refractivity (Wildman–Crippen MR) is 140 cm³/mol. The van der Waals surface area contributed by atoms with Gasteiger partial charge >= 0.3 is 0 Å². The lowest BCUT2D eigenvalue weighted by molar-refractivity contribution is -0.120. The Morgan fingerprint density at radius 2 is 1.40 bits per heavy atom. The molecule has 0 aliphatic heterocycles. The van der Waals surface area contributed by atoms with Crippen LogP contribution in [0.15, 0.2) is 85.5 Å². The first-order valence-corrected chi connectivity index (χ1v) is 10.9. The quantitative estimate of drug-likeness (QED) is 0.226. The molecule has 5 nitrogen and oxygen atoms in total. The third kappa shape index (κ3) is 10.5. The maximum Gasteiger partial charge on any atom is 0.298 e. The maximum absolute atomic E-state index is 14.6. The number of ether oxygens (including phenoxy) is 2. The first-order valence-electron chi connectivity index (χ1n) is 10.9. The number of carbonyl (C=O) groups is 2. The highest BCUT2D eigenvalue weighted by molar-refractivity contribution is 5.77. The molecule has 1 N–H and O–H groups in total. The largest absolute Gasteiger partial charge is 0.508 e. The fourth-order valence-corrected chi connectivity index (χ4v) is 2.58. The van der Waals surface area contributed by atoms with Crippen molar-refractivity contribution in [1.82, 2.24) is 0 Å². The number of carbonyl (C=O) groups excluding carboxylic acids is 2. The highest BCUT2D eigenvalue weighted by atomic mass is 19.1. The Bertz CT molecular complexity index is 1070. The second-order valence-corrected chi connectivity index (χ2v) is 6.69. The summed E-state index contributed by atoms with van der Waals surface area (Å²) in [6.07, 6.45) is 2.47. The molecule has 0 saturated heterocycles. The van der Waals surface area contributed by atoms with Gasteiger partial charge < -0.3 is 14.6 Å². The van der Waals surface area contributed by atoms with Crippen molar-refractivity contribution in [3.05, 3.63) is 91.3 Å². The van der Waals surface area contributed by atoms with Gasteiger partial charge in [0.1, 0.15) is 29.4 Å². The van der Waals surface area contributed by atoms with Gasteiger partial charge in [0.25, 0.3) is 6.47 Å². The Hall–Kier alpha value is -4.19. The number of benzene rings is 3. The molecule has 186 valence electrons. The van der Waals surface area contributed by atoms with Crippen LogP contribution in [0.5, 0.6) is 17.2 Å². The highest BCUT2D eigenvalue weighted by Crippen LogP contribution is 2.37. The molecule has 0 amide bonds. The third-order valence-corrected chi connectivity index (χ3v) is 4.02. The van der Waals surface area contributed by atoms with Gasteiger partial charge in [-0.25, -0.2) is 4.39 Å². The molecule has 0 bridgehead atoms. The monoisotopic (exact) mass is 480 g/mol. The zero-order valence-electron chi connectivity index (χ0n) is 20.9. The van der Waals surface area contributed by atoms with E-state index in [0.717, 1.165) is 11.8 Å². The lowest BCUT2D eigenvalue weighted by atomic mass is 9.98. The Labute approximate surface area is 207 Å². The van der Waals surface area contributed by atoms with Gasteiger partial charge in [0, 0.05) is 11.1 Å². The van der Waals surface area contributed by atoms with E-state index in [1.54, 1.807) is 55.5 Å². The minimum Gasteiger partial charge on any atom is -0.508 e. The number of halogens is 1. The molecule has 0 unspecified atom stereocenters. The maximum atomic E-state index is 14.6. The number of allylic oxidation sites excluding steroid dienone is 2. The standard InChI is InChI=1S/C20H15FO4.C4H6O.C3H6.C2H6/c1-24-20-11-17(13-2-6-15(23)7-3-13)19(21)10-18(20)14-4-8-16(9-5-14)25-12-22;1-4(2)3-5;1-3-2;1-2/h2-12,23H,1H3;3H,1H2,2H3;3H,1H2,2H3;1-2H3. The van der Waals surface area contributed by atoms with Crippen LogP contribution >= 0.6 is 0 Å². The van der Waals surface area contributed by atoms with E-state index < -0.39 is 5.82 Å². The van der Waals surface area contributed by atoms with Gasteiger partial charge in [0.2, 0.25) is 0 Å². The van der Waals surface area contributed by atoms with E-state index in [2.05, 4.69) is 13.2 Å². The van der Waals surface area contributed by atoms with Gasteiger partial charge in [-0.2, -0.15) is 0 Å². The number of rotatable bonds is 6. The van der Waals surface area contributed by atoms with Gasteiger partial charge in [-0.05, 0) is 66.9 Å². The molecule has 0 radical (unpaired) electrons. The molecule has 6 heteroatoms. The number of hydrogen-bond acceptors (Lipinski definition) is 5. The van der Waals surface area contributed by atoms with E-state index in [4.69, 9.17) is 9.47 Å². The van der Waals surface area contributed by atoms with Crippen LogP contribution in [0.25, 0.3) is 22.3 Å². The summed E-state index contributed by atoms with van der Waals surface area (Å²) < 4.78 is 24.8. The minimum absolute atomic E-state index is 0.116. The van der Waals surface area contributed by atoms with Crippen molar-refractivity contribution in [1.29, 1.82) is 0 Å². The fraction of sp³-hybridized carbons (Fsp3) is 0.172. The smallest absolute Gasteiger partial charge is 0.298 e. The summed E-state index contributed by atoms with van der Waals surface area (Å²) in [7, 11) is 1.52. The van der Waals surface area contributed by atoms with Crippen LogP contribution in [0.1, 0.15) is 27.7 Å². The van der Waals surface area contributed by atoms with Crippen molar-refractivity contribution in [3.8, 4) is 39.5 Å². The van der Waals surface area contributed by atoms with Crippen molar-refractivity contribution >= 4 is 12.8 Å². The lowest BCUT2D eigenvalue weighted by Gasteiger charge is -2.13. The summed E-state index contributed by atoms with van der Waals surface area (Å²) in [4.78, 5) is 19.8. The van der Waals surface area contributed by atoms with Gasteiger partial charge in [0.05, 0.1) is 7.11 Å². The second-order valence-electron chi connectivity index (χ2n) is 6.69. The molecule has 0 saturated carbocycles. The summed E-state index contributed by atoms with van der Waals surface area (Å²) in [5, 5.41) is 9.38. The number of aldehydes is 1. The first-order chi connectivity index (χ1) is 16.8. The molecule has 0 atom stereocenters. The van der Waals surface area contributed by atoms with Gasteiger partial charge in [-0.3, -0.25) is 9.59 Å². The third-order valence-electron chi connectivity index (χ3n) is 4.02. The molecule has 3 rings (SSSR count). The number of phenols is 1. The number of hydrogen-bond donors (Lipinski definition) is 1. The number of aromatic hydroxyl groups is 1. The van der Waals surface area contributed by atoms with Crippen LogP contribution in [0, 0.1) is 5.82 Å². The van der Waals surface area contributed by atoms with Crippen LogP contribution < -0.4 is 9.47 Å². The Morgan fingerprint density at radius 1 is 0.943 bits per heavy atom. The molecular weight excluding hydrogens is 447 g/mol. The zero-order valence-corrected chi connectivity index (χ0v) is 20.9. The van der Waals surface area contributed by atoms with Gasteiger partial charge in [0.15, 0.2) is 0 Å². The molecule has 0 aliphatic carbocycles.